The van der Waals surface area contributed by atoms with Crippen molar-refractivity contribution in [3.63, 3.8) is 0 Å². The molecular formula is C25H36N2O5S. The van der Waals surface area contributed by atoms with Crippen LogP contribution in [-0.4, -0.2) is 47.9 Å². The van der Waals surface area contributed by atoms with Crippen LogP contribution >= 0.6 is 0 Å². The van der Waals surface area contributed by atoms with Gasteiger partial charge in [0.15, 0.2) is 0 Å². The Morgan fingerprint density at radius 3 is 2.24 bits per heavy atom. The van der Waals surface area contributed by atoms with Crippen molar-refractivity contribution in [3.05, 3.63) is 42.0 Å². The molecule has 0 aromatic heterocycles. The summed E-state index contributed by atoms with van der Waals surface area (Å²) in [6.45, 7) is 9.59. The first kappa shape index (κ1) is 25.2. The lowest BCUT2D eigenvalue weighted by Gasteiger charge is -2.31. The normalized spacial score (nSPS) is 14.2. The van der Waals surface area contributed by atoms with Crippen LogP contribution in [0.5, 0.6) is 11.5 Å². The van der Waals surface area contributed by atoms with Gasteiger partial charge in [0.25, 0.3) is 10.0 Å². The van der Waals surface area contributed by atoms with Crippen LogP contribution in [-0.2, 0) is 21.2 Å². The molecular weight excluding hydrogens is 440 g/mol. The molecule has 1 fully saturated rings. The third-order valence-corrected chi connectivity index (χ3v) is 6.94. The third kappa shape index (κ3) is 6.77. The van der Waals surface area contributed by atoms with Gasteiger partial charge in [-0.3, -0.25) is 4.72 Å². The number of hydrogen-bond donors (Lipinski definition) is 1. The lowest BCUT2D eigenvalue weighted by atomic mass is 10.1. The lowest BCUT2D eigenvalue weighted by molar-refractivity contribution is 0.122. The van der Waals surface area contributed by atoms with Crippen LogP contribution in [0.15, 0.2) is 41.3 Å². The molecule has 0 aliphatic carbocycles. The Labute approximate surface area is 198 Å². The predicted molar refractivity (Wildman–Crippen MR) is 132 cm³/mol. The summed E-state index contributed by atoms with van der Waals surface area (Å²) >= 11 is 0. The third-order valence-electron chi connectivity index (χ3n) is 5.56. The quantitative estimate of drug-likeness (QED) is 0.441. The van der Waals surface area contributed by atoms with Crippen molar-refractivity contribution in [3.8, 4) is 11.5 Å². The highest BCUT2D eigenvalue weighted by molar-refractivity contribution is 7.92. The molecule has 0 saturated carbocycles. The van der Waals surface area contributed by atoms with Gasteiger partial charge in [0, 0.05) is 25.2 Å². The largest absolute Gasteiger partial charge is 0.492 e. The van der Waals surface area contributed by atoms with Gasteiger partial charge in [0.2, 0.25) is 0 Å². The van der Waals surface area contributed by atoms with Gasteiger partial charge in [-0.2, -0.15) is 0 Å². The summed E-state index contributed by atoms with van der Waals surface area (Å²) in [5.41, 5.74) is 2.39. The van der Waals surface area contributed by atoms with E-state index in [9.17, 15) is 8.42 Å². The van der Waals surface area contributed by atoms with E-state index in [0.717, 1.165) is 43.6 Å². The number of unbranched alkanes of at least 4 members (excludes halogenated alkanes) is 2. The molecule has 1 aliphatic rings. The molecule has 0 bridgehead atoms. The molecule has 3 rings (SSSR count). The molecule has 0 radical (unpaired) electrons. The fraction of sp³-hybridized carbons (Fsp3) is 0.520. The minimum atomic E-state index is -3.78. The molecule has 0 unspecified atom stereocenters. The Morgan fingerprint density at radius 2 is 1.61 bits per heavy atom. The summed E-state index contributed by atoms with van der Waals surface area (Å²) < 4.78 is 46.2. The van der Waals surface area contributed by atoms with Crippen LogP contribution in [0.1, 0.15) is 45.6 Å². The van der Waals surface area contributed by atoms with Crippen molar-refractivity contribution in [2.24, 2.45) is 0 Å². The zero-order valence-corrected chi connectivity index (χ0v) is 20.7. The van der Waals surface area contributed by atoms with Crippen molar-refractivity contribution in [1.29, 1.82) is 0 Å². The van der Waals surface area contributed by atoms with Crippen LogP contribution in [0.25, 0.3) is 0 Å². The van der Waals surface area contributed by atoms with E-state index in [0.29, 0.717) is 43.6 Å². The molecule has 182 valence electrons. The van der Waals surface area contributed by atoms with Gasteiger partial charge in [-0.05, 0) is 44.4 Å². The van der Waals surface area contributed by atoms with Gasteiger partial charge in [0.1, 0.15) is 11.5 Å². The van der Waals surface area contributed by atoms with Crippen molar-refractivity contribution in [2.75, 3.05) is 49.1 Å². The number of anilines is 2. The maximum absolute atomic E-state index is 13.2. The predicted octanol–water partition coefficient (Wildman–Crippen LogP) is 4.85. The van der Waals surface area contributed by atoms with Crippen molar-refractivity contribution in [1.82, 2.24) is 0 Å². The molecule has 0 amide bonds. The van der Waals surface area contributed by atoms with Gasteiger partial charge < -0.3 is 19.1 Å². The number of hydrogen-bond acceptors (Lipinski definition) is 6. The number of nitrogens with one attached hydrogen (secondary N) is 1. The monoisotopic (exact) mass is 476 g/mol. The topological polar surface area (TPSA) is 77.1 Å². The number of ether oxygens (including phenoxy) is 3. The Balaban J connectivity index is 1.88. The van der Waals surface area contributed by atoms with Crippen LogP contribution < -0.4 is 19.1 Å². The molecule has 2 aromatic carbocycles. The van der Waals surface area contributed by atoms with Crippen molar-refractivity contribution < 1.29 is 22.6 Å². The summed E-state index contributed by atoms with van der Waals surface area (Å²) in [5.74, 6) is 1.09. The summed E-state index contributed by atoms with van der Waals surface area (Å²) in [4.78, 5) is 2.39. The number of morpholine rings is 1. The zero-order chi connectivity index (χ0) is 23.7. The zero-order valence-electron chi connectivity index (χ0n) is 19.9. The van der Waals surface area contributed by atoms with E-state index in [1.165, 1.54) is 6.42 Å². The number of rotatable bonds is 12. The van der Waals surface area contributed by atoms with E-state index in [1.807, 2.05) is 32.0 Å². The van der Waals surface area contributed by atoms with Gasteiger partial charge in [-0.1, -0.05) is 31.9 Å². The molecule has 1 aliphatic heterocycles. The second-order valence-electron chi connectivity index (χ2n) is 7.99. The molecule has 1 N–H and O–H groups in total. The van der Waals surface area contributed by atoms with E-state index in [4.69, 9.17) is 14.2 Å². The van der Waals surface area contributed by atoms with Crippen LogP contribution in [0.4, 0.5) is 11.4 Å². The molecule has 8 heteroatoms. The first-order valence-corrected chi connectivity index (χ1v) is 13.3. The molecule has 0 spiro atoms. The van der Waals surface area contributed by atoms with E-state index in [1.54, 1.807) is 18.2 Å². The minimum absolute atomic E-state index is 0.222. The fourth-order valence-electron chi connectivity index (χ4n) is 3.84. The summed E-state index contributed by atoms with van der Waals surface area (Å²) in [6.07, 6.45) is 4.39. The number of nitrogens with zero attached hydrogens (tertiary/aromatic N) is 1. The lowest BCUT2D eigenvalue weighted by Crippen LogP contribution is -2.36. The van der Waals surface area contributed by atoms with Gasteiger partial charge in [0.05, 0.1) is 42.7 Å². The van der Waals surface area contributed by atoms with Gasteiger partial charge >= 0.3 is 0 Å². The van der Waals surface area contributed by atoms with E-state index in [-0.39, 0.29) is 4.90 Å². The summed E-state index contributed by atoms with van der Waals surface area (Å²) in [6, 6.07) is 10.7. The van der Waals surface area contributed by atoms with Crippen LogP contribution in [0.2, 0.25) is 0 Å². The standard InChI is InChI=1S/C25H36N2O5S/c1-4-7-8-9-20-10-12-21(13-11-20)33(28,29)26-22-18-25(32-6-3)23(19-24(22)31-5-2)27-14-16-30-17-15-27/h10-13,18-19,26H,4-9,14-17H2,1-3H3. The molecule has 33 heavy (non-hydrogen) atoms. The first-order valence-electron chi connectivity index (χ1n) is 11.9. The Morgan fingerprint density at radius 1 is 0.939 bits per heavy atom. The highest BCUT2D eigenvalue weighted by Crippen LogP contribution is 2.40. The number of benzene rings is 2. The molecule has 1 heterocycles. The second kappa shape index (κ2) is 12.1. The summed E-state index contributed by atoms with van der Waals surface area (Å²) in [7, 11) is -3.78. The van der Waals surface area contributed by atoms with E-state index >= 15 is 0 Å². The molecule has 0 atom stereocenters. The average molecular weight is 477 g/mol. The average Bonchev–Trinajstić information content (AvgIpc) is 2.82. The Hall–Kier alpha value is -2.45. The maximum Gasteiger partial charge on any atom is 0.262 e. The van der Waals surface area contributed by atoms with E-state index in [2.05, 4.69) is 16.5 Å². The van der Waals surface area contributed by atoms with Crippen molar-refractivity contribution >= 4 is 21.4 Å². The highest BCUT2D eigenvalue weighted by Gasteiger charge is 2.22. The number of aryl methyl sites for hydroxylation is 1. The number of sulfonamides is 1. The molecule has 2 aromatic rings. The SMILES string of the molecule is CCCCCc1ccc(S(=O)(=O)Nc2cc(OCC)c(N3CCOCC3)cc2OCC)cc1. The second-order valence-corrected chi connectivity index (χ2v) is 9.67. The maximum atomic E-state index is 13.2. The van der Waals surface area contributed by atoms with Crippen LogP contribution in [0.3, 0.4) is 0 Å². The highest BCUT2D eigenvalue weighted by atomic mass is 32.2. The minimum Gasteiger partial charge on any atom is -0.492 e. The first-order chi connectivity index (χ1) is 16.0. The molecule has 1 saturated heterocycles. The Bertz CT molecular complexity index is 987. The van der Waals surface area contributed by atoms with Crippen molar-refractivity contribution in [2.45, 2.75) is 51.3 Å². The smallest absolute Gasteiger partial charge is 0.262 e. The fourth-order valence-corrected chi connectivity index (χ4v) is 4.91. The van der Waals surface area contributed by atoms with E-state index < -0.39 is 10.0 Å². The van der Waals surface area contributed by atoms with Crippen LogP contribution in [0, 0.1) is 0 Å². The Kier molecular flexibility index (Phi) is 9.26. The van der Waals surface area contributed by atoms with Gasteiger partial charge in [-0.25, -0.2) is 8.42 Å². The summed E-state index contributed by atoms with van der Waals surface area (Å²) in [5, 5.41) is 0. The van der Waals surface area contributed by atoms with Gasteiger partial charge in [-0.15, -0.1) is 0 Å². The molecule has 7 nitrogen and oxygen atoms in total.